The predicted octanol–water partition coefficient (Wildman–Crippen LogP) is 5.96. The zero-order valence-electron chi connectivity index (χ0n) is 15.3. The maximum absolute atomic E-state index is 7.79. The van der Waals surface area contributed by atoms with Crippen molar-refractivity contribution in [3.8, 4) is 0 Å². The fourth-order valence-electron chi connectivity index (χ4n) is 3.09. The molecule has 2 nitrogen and oxygen atoms in total. The quantitative estimate of drug-likeness (QED) is 0.667. The van der Waals surface area contributed by atoms with Crippen LogP contribution in [0.4, 0.5) is 5.69 Å². The summed E-state index contributed by atoms with van der Waals surface area (Å²) in [5.41, 5.74) is 5.45. The van der Waals surface area contributed by atoms with E-state index in [0.29, 0.717) is 17.8 Å². The minimum absolute atomic E-state index is 0.0000926. The molecule has 0 saturated heterocycles. The van der Waals surface area contributed by atoms with Gasteiger partial charge in [0, 0.05) is 18.1 Å². The van der Waals surface area contributed by atoms with Crippen molar-refractivity contribution in [2.75, 3.05) is 4.90 Å². The van der Waals surface area contributed by atoms with Crippen LogP contribution in [0.15, 0.2) is 36.6 Å². The Morgan fingerprint density at radius 3 is 1.91 bits per heavy atom. The summed E-state index contributed by atoms with van der Waals surface area (Å²) in [4.78, 5) is 2.25. The molecule has 1 aromatic carbocycles. The summed E-state index contributed by atoms with van der Waals surface area (Å²) in [6, 6.07) is 4.73. The third-order valence-electron chi connectivity index (χ3n) is 4.52. The van der Waals surface area contributed by atoms with Crippen LogP contribution < -0.4 is 4.90 Å². The molecule has 1 unspecified atom stereocenters. The first kappa shape index (κ1) is 17.5. The van der Waals surface area contributed by atoms with Gasteiger partial charge < -0.3 is 10.3 Å². The van der Waals surface area contributed by atoms with Gasteiger partial charge in [-0.1, -0.05) is 65.8 Å². The van der Waals surface area contributed by atoms with Crippen LogP contribution in [0.1, 0.15) is 76.0 Å². The van der Waals surface area contributed by atoms with Crippen LogP contribution in [-0.4, -0.2) is 12.3 Å². The normalized spacial score (nSPS) is 17.6. The SMILES string of the molecule is CC(C)c1cc(C(C)C)c(N2C=CC=CC2C=N)c(C(C)C)c1. The fourth-order valence-corrected chi connectivity index (χ4v) is 3.09. The predicted molar refractivity (Wildman–Crippen MR) is 102 cm³/mol. The second-order valence-corrected chi connectivity index (χ2v) is 7.30. The average molecular weight is 310 g/mol. The van der Waals surface area contributed by atoms with Crippen molar-refractivity contribution in [3.05, 3.63) is 53.3 Å². The minimum atomic E-state index is -0.0000926. The standard InChI is InChI=1S/C21H30N2/c1-14(2)17-11-19(15(3)4)21(20(12-17)16(5)6)23-10-8-7-9-18(23)13-22/h7-16,18,22H,1-6H3. The molecule has 0 bridgehead atoms. The van der Waals surface area contributed by atoms with E-state index in [1.807, 2.05) is 6.08 Å². The highest BCUT2D eigenvalue weighted by Crippen LogP contribution is 2.39. The van der Waals surface area contributed by atoms with Crippen molar-refractivity contribution in [3.63, 3.8) is 0 Å². The Bertz CT molecular complexity index is 592. The van der Waals surface area contributed by atoms with Crippen LogP contribution in [0, 0.1) is 5.41 Å². The van der Waals surface area contributed by atoms with Gasteiger partial charge in [0.25, 0.3) is 0 Å². The Balaban J connectivity index is 2.71. The van der Waals surface area contributed by atoms with Crippen molar-refractivity contribution >= 4 is 11.9 Å². The van der Waals surface area contributed by atoms with Gasteiger partial charge in [-0.15, -0.1) is 0 Å². The first-order valence-corrected chi connectivity index (χ1v) is 8.68. The Labute approximate surface area is 141 Å². The lowest BCUT2D eigenvalue weighted by molar-refractivity contribution is 0.790. The lowest BCUT2D eigenvalue weighted by atomic mass is 9.86. The van der Waals surface area contributed by atoms with Gasteiger partial charge >= 0.3 is 0 Å². The van der Waals surface area contributed by atoms with Crippen molar-refractivity contribution in [2.45, 2.75) is 65.3 Å². The van der Waals surface area contributed by atoms with Crippen LogP contribution >= 0.6 is 0 Å². The summed E-state index contributed by atoms with van der Waals surface area (Å²) >= 11 is 0. The molecule has 23 heavy (non-hydrogen) atoms. The van der Waals surface area contributed by atoms with Crippen molar-refractivity contribution < 1.29 is 0 Å². The van der Waals surface area contributed by atoms with E-state index in [-0.39, 0.29) is 6.04 Å². The maximum Gasteiger partial charge on any atom is 0.0867 e. The van der Waals surface area contributed by atoms with Gasteiger partial charge in [0.15, 0.2) is 0 Å². The molecule has 1 aliphatic heterocycles. The molecule has 0 radical (unpaired) electrons. The molecule has 1 aromatic rings. The summed E-state index contributed by atoms with van der Waals surface area (Å²) in [5.74, 6) is 1.42. The molecular weight excluding hydrogens is 280 g/mol. The number of nitrogens with zero attached hydrogens (tertiary/aromatic N) is 1. The van der Waals surface area contributed by atoms with Gasteiger partial charge in [-0.2, -0.15) is 0 Å². The van der Waals surface area contributed by atoms with E-state index in [1.54, 1.807) is 0 Å². The van der Waals surface area contributed by atoms with E-state index in [2.05, 4.69) is 76.9 Å². The lowest BCUT2D eigenvalue weighted by Crippen LogP contribution is -2.33. The first-order chi connectivity index (χ1) is 10.9. The van der Waals surface area contributed by atoms with Crippen molar-refractivity contribution in [1.29, 1.82) is 5.41 Å². The summed E-state index contributed by atoms with van der Waals surface area (Å²) in [6.45, 7) is 13.6. The van der Waals surface area contributed by atoms with E-state index < -0.39 is 0 Å². The van der Waals surface area contributed by atoms with Gasteiger partial charge in [0.1, 0.15) is 0 Å². The molecule has 0 aliphatic carbocycles. The number of benzene rings is 1. The molecule has 1 aliphatic rings. The molecule has 1 atom stereocenters. The fraction of sp³-hybridized carbons (Fsp3) is 0.476. The molecule has 2 heteroatoms. The summed E-state index contributed by atoms with van der Waals surface area (Å²) < 4.78 is 0. The molecule has 124 valence electrons. The average Bonchev–Trinajstić information content (AvgIpc) is 2.53. The number of anilines is 1. The van der Waals surface area contributed by atoms with Crippen LogP contribution in [0.5, 0.6) is 0 Å². The summed E-state index contributed by atoms with van der Waals surface area (Å²) in [7, 11) is 0. The first-order valence-electron chi connectivity index (χ1n) is 8.68. The summed E-state index contributed by atoms with van der Waals surface area (Å²) in [6.07, 6.45) is 9.79. The van der Waals surface area contributed by atoms with Crippen LogP contribution in [0.25, 0.3) is 0 Å². The molecular formula is C21H30N2. The topological polar surface area (TPSA) is 27.1 Å². The molecule has 0 fully saturated rings. The van der Waals surface area contributed by atoms with E-state index >= 15 is 0 Å². The van der Waals surface area contributed by atoms with E-state index in [4.69, 9.17) is 5.41 Å². The molecule has 0 amide bonds. The highest BCUT2D eigenvalue weighted by Gasteiger charge is 2.24. The highest BCUT2D eigenvalue weighted by molar-refractivity contribution is 5.77. The van der Waals surface area contributed by atoms with Gasteiger partial charge in [-0.3, -0.25) is 0 Å². The minimum Gasteiger partial charge on any atom is -0.336 e. The van der Waals surface area contributed by atoms with Gasteiger partial charge in [0.2, 0.25) is 0 Å². The second-order valence-electron chi connectivity index (χ2n) is 7.30. The Morgan fingerprint density at radius 1 is 0.913 bits per heavy atom. The third kappa shape index (κ3) is 3.57. The van der Waals surface area contributed by atoms with Gasteiger partial charge in [0.05, 0.1) is 6.04 Å². The van der Waals surface area contributed by atoms with Gasteiger partial charge in [-0.05, 0) is 40.5 Å². The third-order valence-corrected chi connectivity index (χ3v) is 4.52. The summed E-state index contributed by atoms with van der Waals surface area (Å²) in [5, 5.41) is 7.79. The second kappa shape index (κ2) is 7.16. The van der Waals surface area contributed by atoms with Crippen molar-refractivity contribution in [2.24, 2.45) is 0 Å². The Hall–Kier alpha value is -1.83. The number of nitrogens with one attached hydrogen (secondary N) is 1. The zero-order valence-corrected chi connectivity index (χ0v) is 15.3. The number of hydrogen-bond acceptors (Lipinski definition) is 2. The number of hydrogen-bond donors (Lipinski definition) is 1. The Kier molecular flexibility index (Phi) is 5.46. The number of allylic oxidation sites excluding steroid dienone is 2. The molecule has 0 spiro atoms. The van der Waals surface area contributed by atoms with Crippen molar-refractivity contribution in [1.82, 2.24) is 0 Å². The van der Waals surface area contributed by atoms with Crippen LogP contribution in [-0.2, 0) is 0 Å². The molecule has 0 saturated carbocycles. The smallest absolute Gasteiger partial charge is 0.0867 e. The molecule has 1 N–H and O–H groups in total. The van der Waals surface area contributed by atoms with E-state index in [0.717, 1.165) is 0 Å². The highest BCUT2D eigenvalue weighted by atomic mass is 15.2. The van der Waals surface area contributed by atoms with E-state index in [9.17, 15) is 0 Å². The monoisotopic (exact) mass is 310 g/mol. The molecule has 0 aromatic heterocycles. The van der Waals surface area contributed by atoms with Gasteiger partial charge in [-0.25, -0.2) is 0 Å². The van der Waals surface area contributed by atoms with Crippen LogP contribution in [0.2, 0.25) is 0 Å². The maximum atomic E-state index is 7.79. The lowest BCUT2D eigenvalue weighted by Gasteiger charge is -2.34. The van der Waals surface area contributed by atoms with E-state index in [1.165, 1.54) is 28.6 Å². The molecule has 1 heterocycles. The van der Waals surface area contributed by atoms with Crippen LogP contribution in [0.3, 0.4) is 0 Å². The largest absolute Gasteiger partial charge is 0.336 e. The Morgan fingerprint density at radius 2 is 1.48 bits per heavy atom. The zero-order chi connectivity index (χ0) is 17.1. The molecule has 2 rings (SSSR count). The number of rotatable bonds is 5.